The Morgan fingerprint density at radius 3 is 2.56 bits per heavy atom. The lowest BCUT2D eigenvalue weighted by Crippen LogP contribution is -2.24. The number of hydrogen-bond acceptors (Lipinski definition) is 5. The van der Waals surface area contributed by atoms with E-state index in [0.717, 1.165) is 23.8 Å². The highest BCUT2D eigenvalue weighted by Crippen LogP contribution is 2.30. The van der Waals surface area contributed by atoms with E-state index in [1.807, 2.05) is 0 Å². The van der Waals surface area contributed by atoms with Crippen LogP contribution in [0.2, 0.25) is 0 Å². The Labute approximate surface area is 205 Å². The summed E-state index contributed by atoms with van der Waals surface area (Å²) in [6.07, 6.45) is -0.245. The molecule has 0 unspecified atom stereocenters. The number of hydrogen-bond donors (Lipinski definition) is 4. The lowest BCUT2D eigenvalue weighted by Gasteiger charge is -2.18. The number of rotatable bonds is 10. The van der Waals surface area contributed by atoms with E-state index in [9.17, 15) is 28.2 Å². The molecule has 1 aromatic heterocycles. The van der Waals surface area contributed by atoms with Crippen molar-refractivity contribution < 1.29 is 28.1 Å². The van der Waals surface area contributed by atoms with Crippen LogP contribution < -0.4 is 15.6 Å². The highest BCUT2D eigenvalue weighted by molar-refractivity contribution is 5.87. The van der Waals surface area contributed by atoms with Gasteiger partial charge in [0.2, 0.25) is 5.56 Å². The maximum absolute atomic E-state index is 14.3. The smallest absolute Gasteiger partial charge is 0.306 e. The van der Waals surface area contributed by atoms with Crippen LogP contribution in [-0.2, 0) is 12.3 Å². The average molecular weight is 499 g/mol. The van der Waals surface area contributed by atoms with E-state index in [2.05, 4.69) is 10.3 Å². The van der Waals surface area contributed by atoms with Gasteiger partial charge < -0.3 is 25.3 Å². The summed E-state index contributed by atoms with van der Waals surface area (Å²) in [6.45, 7) is -0.119. The van der Waals surface area contributed by atoms with Crippen molar-refractivity contribution >= 4 is 10.9 Å². The van der Waals surface area contributed by atoms with Crippen LogP contribution in [0.4, 0.5) is 13.2 Å². The van der Waals surface area contributed by atoms with E-state index < -0.39 is 30.0 Å². The topological polar surface area (TPSA) is 94.6 Å². The number of phenolic OH excluding ortho intramolecular Hbond substituents is 1. The predicted octanol–water partition coefficient (Wildman–Crippen LogP) is 4.41. The number of fused-ring (bicyclic) bond motifs is 1. The second-order valence-corrected chi connectivity index (χ2v) is 8.40. The predicted molar refractivity (Wildman–Crippen MR) is 130 cm³/mol. The molecule has 0 bridgehead atoms. The molecule has 188 valence electrons. The van der Waals surface area contributed by atoms with Crippen LogP contribution >= 0.6 is 0 Å². The molecule has 3 aromatic carbocycles. The zero-order chi connectivity index (χ0) is 25.7. The van der Waals surface area contributed by atoms with E-state index in [1.165, 1.54) is 18.2 Å². The van der Waals surface area contributed by atoms with Crippen LogP contribution in [0.5, 0.6) is 11.5 Å². The van der Waals surface area contributed by atoms with Gasteiger partial charge in [0.15, 0.2) is 6.61 Å². The molecule has 36 heavy (non-hydrogen) atoms. The fraction of sp³-hybridized carbons (Fsp3) is 0.222. The SMILES string of the molecule is O=c1ccc2c([C@@H](O)CNCCc3ccc(OCC(F)(F)c4cccc(F)c4)cc3)ccc(O)c2[nH]1. The fourth-order valence-corrected chi connectivity index (χ4v) is 3.86. The number of aromatic amines is 1. The van der Waals surface area contributed by atoms with E-state index in [-0.39, 0.29) is 29.1 Å². The molecule has 0 aliphatic heterocycles. The summed E-state index contributed by atoms with van der Waals surface area (Å²) < 4.78 is 47.0. The maximum Gasteiger partial charge on any atom is 0.306 e. The minimum Gasteiger partial charge on any atom is -0.506 e. The van der Waals surface area contributed by atoms with Crippen LogP contribution in [0.15, 0.2) is 77.6 Å². The minimum atomic E-state index is -3.33. The minimum absolute atomic E-state index is 0.0725. The molecule has 4 N–H and O–H groups in total. The van der Waals surface area contributed by atoms with Gasteiger partial charge in [-0.3, -0.25) is 4.79 Å². The number of halogens is 3. The highest BCUT2D eigenvalue weighted by Gasteiger charge is 2.33. The molecule has 0 saturated carbocycles. The highest BCUT2D eigenvalue weighted by atomic mass is 19.3. The summed E-state index contributed by atoms with van der Waals surface area (Å²) in [7, 11) is 0. The number of nitrogens with one attached hydrogen (secondary N) is 2. The van der Waals surface area contributed by atoms with Crippen LogP contribution in [0.1, 0.15) is 22.8 Å². The maximum atomic E-state index is 14.3. The van der Waals surface area contributed by atoms with Gasteiger partial charge in [-0.15, -0.1) is 0 Å². The fourth-order valence-electron chi connectivity index (χ4n) is 3.86. The van der Waals surface area contributed by atoms with Crippen molar-refractivity contribution in [3.63, 3.8) is 0 Å². The van der Waals surface area contributed by atoms with Gasteiger partial charge in [0.25, 0.3) is 0 Å². The van der Waals surface area contributed by atoms with Gasteiger partial charge in [-0.05, 0) is 60.5 Å². The van der Waals surface area contributed by atoms with E-state index in [0.29, 0.717) is 23.9 Å². The second-order valence-electron chi connectivity index (χ2n) is 8.40. The third-order valence-corrected chi connectivity index (χ3v) is 5.78. The van der Waals surface area contributed by atoms with Crippen LogP contribution in [-0.4, -0.2) is 34.9 Å². The van der Waals surface area contributed by atoms with Gasteiger partial charge in [-0.2, -0.15) is 8.78 Å². The summed E-state index contributed by atoms with van der Waals surface area (Å²) in [5, 5.41) is 24.3. The molecular weight excluding hydrogens is 473 g/mol. The Bertz CT molecular complexity index is 1390. The summed E-state index contributed by atoms with van der Waals surface area (Å²) >= 11 is 0. The van der Waals surface area contributed by atoms with Gasteiger partial charge in [-0.25, -0.2) is 4.39 Å². The zero-order valence-electron chi connectivity index (χ0n) is 19.2. The third-order valence-electron chi connectivity index (χ3n) is 5.78. The van der Waals surface area contributed by atoms with Crippen molar-refractivity contribution in [1.82, 2.24) is 10.3 Å². The van der Waals surface area contributed by atoms with Gasteiger partial charge in [0.05, 0.1) is 11.6 Å². The molecule has 0 saturated heterocycles. The summed E-state index contributed by atoms with van der Waals surface area (Å²) in [6, 6.07) is 16.9. The Balaban J connectivity index is 1.26. The Hall–Kier alpha value is -3.82. The monoisotopic (exact) mass is 498 g/mol. The first-order chi connectivity index (χ1) is 17.2. The summed E-state index contributed by atoms with van der Waals surface area (Å²) in [4.78, 5) is 14.1. The number of alkyl halides is 2. The quantitative estimate of drug-likeness (QED) is 0.243. The molecule has 4 rings (SSSR count). The lowest BCUT2D eigenvalue weighted by atomic mass is 10.0. The third kappa shape index (κ3) is 6.05. The molecule has 0 aliphatic carbocycles. The number of aliphatic hydroxyl groups is 1. The molecule has 1 atom stereocenters. The van der Waals surface area contributed by atoms with Gasteiger partial charge >= 0.3 is 5.92 Å². The van der Waals surface area contributed by atoms with E-state index in [1.54, 1.807) is 36.4 Å². The average Bonchev–Trinajstić information content (AvgIpc) is 2.86. The first-order valence-electron chi connectivity index (χ1n) is 11.3. The zero-order valence-corrected chi connectivity index (χ0v) is 19.2. The van der Waals surface area contributed by atoms with Crippen molar-refractivity contribution in [3.05, 3.63) is 106 Å². The number of phenols is 1. The molecule has 9 heteroatoms. The van der Waals surface area contributed by atoms with Crippen LogP contribution in [0.3, 0.4) is 0 Å². The number of aromatic nitrogens is 1. The lowest BCUT2D eigenvalue weighted by molar-refractivity contribution is -0.0469. The van der Waals surface area contributed by atoms with Crippen molar-refractivity contribution in [2.75, 3.05) is 19.7 Å². The standard InChI is InChI=1S/C27H25F3N2O4/c28-19-3-1-2-18(14-19)27(29,30)16-36-20-6-4-17(5-7-20)12-13-31-15-24(34)21-8-10-23(33)26-22(21)9-11-25(35)32-26/h1-11,14,24,31,33-34H,12-13,15-16H2,(H,32,35)/t24-/m0/s1. The summed E-state index contributed by atoms with van der Waals surface area (Å²) in [5.41, 5.74) is 0.993. The summed E-state index contributed by atoms with van der Waals surface area (Å²) in [5.74, 6) is -3.86. The number of benzene rings is 3. The van der Waals surface area contributed by atoms with Gasteiger partial charge in [0, 0.05) is 23.6 Å². The molecule has 1 heterocycles. The number of H-pyrrole nitrogens is 1. The number of aromatic hydroxyl groups is 1. The Kier molecular flexibility index (Phi) is 7.61. The molecule has 0 aliphatic rings. The van der Waals surface area contributed by atoms with Crippen LogP contribution in [0, 0.1) is 5.82 Å². The van der Waals surface area contributed by atoms with Crippen molar-refractivity contribution in [1.29, 1.82) is 0 Å². The molecular formula is C27H25F3N2O4. The number of pyridine rings is 1. The number of ether oxygens (including phenoxy) is 1. The molecule has 0 radical (unpaired) electrons. The normalized spacial score (nSPS) is 12.6. The largest absolute Gasteiger partial charge is 0.506 e. The van der Waals surface area contributed by atoms with E-state index >= 15 is 0 Å². The molecule has 6 nitrogen and oxygen atoms in total. The Morgan fingerprint density at radius 1 is 1.03 bits per heavy atom. The molecule has 4 aromatic rings. The Morgan fingerprint density at radius 2 is 1.81 bits per heavy atom. The van der Waals surface area contributed by atoms with Gasteiger partial charge in [0.1, 0.15) is 17.3 Å². The van der Waals surface area contributed by atoms with Crippen molar-refractivity contribution in [2.45, 2.75) is 18.4 Å². The second kappa shape index (κ2) is 10.8. The van der Waals surface area contributed by atoms with Gasteiger partial charge in [-0.1, -0.05) is 30.3 Å². The number of aliphatic hydroxyl groups excluding tert-OH is 1. The van der Waals surface area contributed by atoms with Crippen molar-refractivity contribution in [2.24, 2.45) is 0 Å². The first kappa shape index (κ1) is 25.3. The molecule has 0 fully saturated rings. The van der Waals surface area contributed by atoms with Crippen molar-refractivity contribution in [3.8, 4) is 11.5 Å². The molecule has 0 spiro atoms. The molecule has 0 amide bonds. The van der Waals surface area contributed by atoms with Crippen LogP contribution in [0.25, 0.3) is 10.9 Å². The first-order valence-corrected chi connectivity index (χ1v) is 11.3. The van der Waals surface area contributed by atoms with E-state index in [4.69, 9.17) is 4.74 Å².